The van der Waals surface area contributed by atoms with Gasteiger partial charge in [0.15, 0.2) is 0 Å². The Morgan fingerprint density at radius 3 is 2.58 bits per heavy atom. The van der Waals surface area contributed by atoms with Gasteiger partial charge in [-0.15, -0.1) is 0 Å². The average Bonchev–Trinajstić information content (AvgIpc) is 2.76. The summed E-state index contributed by atoms with van der Waals surface area (Å²) in [7, 11) is 1.94. The molecule has 0 spiro atoms. The van der Waals surface area contributed by atoms with Crippen LogP contribution >= 0.6 is 0 Å². The fourth-order valence-corrected chi connectivity index (χ4v) is 1.94. The van der Waals surface area contributed by atoms with Crippen molar-refractivity contribution in [2.75, 3.05) is 0 Å². The number of phenolic OH excluding ortho intramolecular Hbond substituents is 1. The zero-order valence-electron chi connectivity index (χ0n) is 10.5. The number of para-hydroxylation sites is 2. The lowest BCUT2D eigenvalue weighted by Gasteiger charge is -1.96. The SMILES string of the molecule is Cn1c(/N=C/c2ccc(O)cc2)nc2ccccc21. The summed E-state index contributed by atoms with van der Waals surface area (Å²) in [6.07, 6.45) is 1.74. The van der Waals surface area contributed by atoms with E-state index in [0.717, 1.165) is 16.6 Å². The van der Waals surface area contributed by atoms with Gasteiger partial charge in [-0.1, -0.05) is 12.1 Å². The number of hydrogen-bond acceptors (Lipinski definition) is 3. The van der Waals surface area contributed by atoms with Crippen molar-refractivity contribution < 1.29 is 5.11 Å². The van der Waals surface area contributed by atoms with Crippen molar-refractivity contribution >= 4 is 23.2 Å². The summed E-state index contributed by atoms with van der Waals surface area (Å²) in [4.78, 5) is 8.85. The minimum Gasteiger partial charge on any atom is -0.508 e. The molecule has 0 aliphatic carbocycles. The van der Waals surface area contributed by atoms with Crippen molar-refractivity contribution in [3.8, 4) is 5.75 Å². The van der Waals surface area contributed by atoms with Gasteiger partial charge in [-0.25, -0.2) is 9.98 Å². The van der Waals surface area contributed by atoms with Crippen LogP contribution in [-0.2, 0) is 7.05 Å². The number of rotatable bonds is 2. The highest BCUT2D eigenvalue weighted by Crippen LogP contribution is 2.19. The summed E-state index contributed by atoms with van der Waals surface area (Å²) in [6.45, 7) is 0. The largest absolute Gasteiger partial charge is 0.508 e. The Morgan fingerprint density at radius 2 is 1.84 bits per heavy atom. The van der Waals surface area contributed by atoms with Crippen LogP contribution in [0.2, 0.25) is 0 Å². The molecule has 19 heavy (non-hydrogen) atoms. The zero-order chi connectivity index (χ0) is 13.2. The van der Waals surface area contributed by atoms with Gasteiger partial charge in [0.2, 0.25) is 5.95 Å². The quantitative estimate of drug-likeness (QED) is 0.712. The monoisotopic (exact) mass is 251 g/mol. The van der Waals surface area contributed by atoms with E-state index in [2.05, 4.69) is 9.98 Å². The first-order chi connectivity index (χ1) is 9.24. The van der Waals surface area contributed by atoms with E-state index in [9.17, 15) is 5.11 Å². The molecule has 0 fully saturated rings. The molecule has 0 saturated heterocycles. The molecule has 1 N–H and O–H groups in total. The molecule has 3 rings (SSSR count). The third kappa shape index (κ3) is 2.20. The molecule has 1 aromatic heterocycles. The number of benzene rings is 2. The van der Waals surface area contributed by atoms with Gasteiger partial charge in [0.1, 0.15) is 5.75 Å². The van der Waals surface area contributed by atoms with Crippen LogP contribution in [0.25, 0.3) is 11.0 Å². The van der Waals surface area contributed by atoms with Crippen molar-refractivity contribution in [2.24, 2.45) is 12.0 Å². The van der Waals surface area contributed by atoms with Crippen molar-refractivity contribution in [3.63, 3.8) is 0 Å². The summed E-state index contributed by atoms with van der Waals surface area (Å²) in [6, 6.07) is 14.8. The Kier molecular flexibility index (Phi) is 2.76. The number of aromatic nitrogens is 2. The van der Waals surface area contributed by atoms with Crippen LogP contribution in [0, 0.1) is 0 Å². The molecule has 94 valence electrons. The molecular weight excluding hydrogens is 238 g/mol. The van der Waals surface area contributed by atoms with Crippen LogP contribution in [0.1, 0.15) is 5.56 Å². The molecule has 4 heteroatoms. The van der Waals surface area contributed by atoms with Gasteiger partial charge in [0, 0.05) is 13.3 Å². The van der Waals surface area contributed by atoms with Crippen LogP contribution in [0.4, 0.5) is 5.95 Å². The second-order valence-corrected chi connectivity index (χ2v) is 4.31. The number of fused-ring (bicyclic) bond motifs is 1. The molecule has 2 aromatic carbocycles. The molecule has 0 saturated carbocycles. The van der Waals surface area contributed by atoms with E-state index in [1.165, 1.54) is 0 Å². The smallest absolute Gasteiger partial charge is 0.230 e. The minimum absolute atomic E-state index is 0.250. The second-order valence-electron chi connectivity index (χ2n) is 4.31. The molecule has 0 amide bonds. The highest BCUT2D eigenvalue weighted by molar-refractivity contribution is 5.83. The zero-order valence-corrected chi connectivity index (χ0v) is 10.5. The maximum absolute atomic E-state index is 9.22. The standard InChI is InChI=1S/C15H13N3O/c1-18-14-5-3-2-4-13(14)17-15(18)16-10-11-6-8-12(19)9-7-11/h2-10,19H,1H3/b16-10+. The Morgan fingerprint density at radius 1 is 1.11 bits per heavy atom. The molecule has 0 unspecified atom stereocenters. The van der Waals surface area contributed by atoms with Crippen LogP contribution in [0.3, 0.4) is 0 Å². The van der Waals surface area contributed by atoms with Crippen molar-refractivity contribution in [2.45, 2.75) is 0 Å². The number of aliphatic imine (C=N–C) groups is 1. The van der Waals surface area contributed by atoms with Crippen LogP contribution in [0.15, 0.2) is 53.5 Å². The molecule has 3 aromatic rings. The van der Waals surface area contributed by atoms with Gasteiger partial charge in [-0.05, 0) is 42.0 Å². The van der Waals surface area contributed by atoms with Gasteiger partial charge in [0.25, 0.3) is 0 Å². The molecule has 0 bridgehead atoms. The predicted octanol–water partition coefficient (Wildman–Crippen LogP) is 3.03. The molecule has 0 radical (unpaired) electrons. The molecule has 4 nitrogen and oxygen atoms in total. The first-order valence-electron chi connectivity index (χ1n) is 5.98. The van der Waals surface area contributed by atoms with Crippen LogP contribution in [-0.4, -0.2) is 20.9 Å². The summed E-state index contributed by atoms with van der Waals surface area (Å²) in [5.74, 6) is 0.911. The van der Waals surface area contributed by atoms with E-state index in [-0.39, 0.29) is 5.75 Å². The van der Waals surface area contributed by atoms with E-state index < -0.39 is 0 Å². The number of aryl methyl sites for hydroxylation is 1. The van der Waals surface area contributed by atoms with Gasteiger partial charge >= 0.3 is 0 Å². The summed E-state index contributed by atoms with van der Waals surface area (Å²) in [5.41, 5.74) is 2.91. The number of aromatic hydroxyl groups is 1. The second kappa shape index (κ2) is 4.57. The van der Waals surface area contributed by atoms with Crippen LogP contribution < -0.4 is 0 Å². The Bertz CT molecular complexity index is 742. The molecule has 0 aliphatic heterocycles. The third-order valence-electron chi connectivity index (χ3n) is 2.99. The number of phenols is 1. The molecule has 0 aliphatic rings. The minimum atomic E-state index is 0.250. The predicted molar refractivity (Wildman–Crippen MR) is 76.1 cm³/mol. The fourth-order valence-electron chi connectivity index (χ4n) is 1.94. The first-order valence-corrected chi connectivity index (χ1v) is 5.98. The summed E-state index contributed by atoms with van der Waals surface area (Å²) < 4.78 is 1.95. The lowest BCUT2D eigenvalue weighted by atomic mass is 10.2. The van der Waals surface area contributed by atoms with E-state index in [1.807, 2.05) is 48.0 Å². The Balaban J connectivity index is 1.97. The lowest BCUT2D eigenvalue weighted by Crippen LogP contribution is -1.87. The first kappa shape index (κ1) is 11.5. The van der Waals surface area contributed by atoms with E-state index >= 15 is 0 Å². The van der Waals surface area contributed by atoms with Gasteiger partial charge in [-0.2, -0.15) is 0 Å². The van der Waals surface area contributed by atoms with Crippen molar-refractivity contribution in [3.05, 3.63) is 54.1 Å². The van der Waals surface area contributed by atoms with E-state index in [4.69, 9.17) is 0 Å². The Hall–Kier alpha value is -2.62. The maximum atomic E-state index is 9.22. The topological polar surface area (TPSA) is 50.4 Å². The van der Waals surface area contributed by atoms with Gasteiger partial charge in [-0.3, -0.25) is 0 Å². The van der Waals surface area contributed by atoms with Gasteiger partial charge < -0.3 is 9.67 Å². The lowest BCUT2D eigenvalue weighted by molar-refractivity contribution is 0.475. The molecule has 1 heterocycles. The highest BCUT2D eigenvalue weighted by atomic mass is 16.3. The summed E-state index contributed by atoms with van der Waals surface area (Å²) >= 11 is 0. The maximum Gasteiger partial charge on any atom is 0.230 e. The highest BCUT2D eigenvalue weighted by Gasteiger charge is 2.04. The fraction of sp³-hybridized carbons (Fsp3) is 0.0667. The Labute approximate surface area is 110 Å². The average molecular weight is 251 g/mol. The van der Waals surface area contributed by atoms with Crippen molar-refractivity contribution in [1.29, 1.82) is 0 Å². The van der Waals surface area contributed by atoms with E-state index in [1.54, 1.807) is 18.3 Å². The molecular formula is C15H13N3O. The molecule has 0 atom stereocenters. The summed E-state index contributed by atoms with van der Waals surface area (Å²) in [5, 5.41) is 9.22. The third-order valence-corrected chi connectivity index (χ3v) is 2.99. The number of hydrogen-bond donors (Lipinski definition) is 1. The van der Waals surface area contributed by atoms with Crippen molar-refractivity contribution in [1.82, 2.24) is 9.55 Å². The van der Waals surface area contributed by atoms with E-state index in [0.29, 0.717) is 5.95 Å². The van der Waals surface area contributed by atoms with Gasteiger partial charge in [0.05, 0.1) is 11.0 Å². The number of imidazole rings is 1. The normalized spacial score (nSPS) is 11.4. The number of nitrogens with zero attached hydrogens (tertiary/aromatic N) is 3. The van der Waals surface area contributed by atoms with Crippen LogP contribution in [0.5, 0.6) is 5.75 Å².